The van der Waals surface area contributed by atoms with E-state index in [1.807, 2.05) is 17.1 Å². The van der Waals surface area contributed by atoms with E-state index in [4.69, 9.17) is 16.1 Å². The second-order valence-electron chi connectivity index (χ2n) is 5.70. The number of nitrogens with zero attached hydrogens (tertiary/aromatic N) is 2. The van der Waals surface area contributed by atoms with E-state index in [1.54, 1.807) is 6.07 Å². The van der Waals surface area contributed by atoms with Gasteiger partial charge in [-0.3, -0.25) is 10.2 Å². The van der Waals surface area contributed by atoms with Gasteiger partial charge in [0, 0.05) is 30.1 Å². The van der Waals surface area contributed by atoms with Crippen LogP contribution in [0.3, 0.4) is 0 Å². The first kappa shape index (κ1) is 15.1. The zero-order valence-corrected chi connectivity index (χ0v) is 13.1. The topological polar surface area (TPSA) is 58.4 Å². The van der Waals surface area contributed by atoms with Crippen molar-refractivity contribution in [3.05, 3.63) is 52.9 Å². The number of halogens is 1. The van der Waals surface area contributed by atoms with Gasteiger partial charge in [-0.1, -0.05) is 35.8 Å². The van der Waals surface area contributed by atoms with Gasteiger partial charge in [0.1, 0.15) is 6.26 Å². The third kappa shape index (κ3) is 3.31. The van der Waals surface area contributed by atoms with Crippen LogP contribution in [0.2, 0.25) is 5.02 Å². The molecule has 1 aromatic carbocycles. The largest absolute Gasteiger partial charge is 0.364 e. The highest BCUT2D eigenvalue weighted by atomic mass is 35.5. The zero-order valence-electron chi connectivity index (χ0n) is 12.3. The second kappa shape index (κ2) is 6.50. The fourth-order valence-corrected chi connectivity index (χ4v) is 2.97. The Morgan fingerprint density at radius 2 is 2.14 bits per heavy atom. The Bertz CT molecular complexity index is 627. The van der Waals surface area contributed by atoms with Crippen LogP contribution in [-0.2, 0) is 0 Å². The SMILES string of the molecule is CC1CCN(NC(=O)c2ccon2)CC1c1ccc(Cl)cc1. The number of amides is 1. The molecule has 2 aromatic rings. The average Bonchev–Trinajstić information content (AvgIpc) is 3.05. The van der Waals surface area contributed by atoms with E-state index in [1.165, 1.54) is 11.8 Å². The molecule has 0 saturated carbocycles. The Labute approximate surface area is 134 Å². The van der Waals surface area contributed by atoms with Crippen molar-refractivity contribution in [1.82, 2.24) is 15.6 Å². The maximum atomic E-state index is 12.1. The molecule has 0 spiro atoms. The lowest BCUT2D eigenvalue weighted by molar-refractivity contribution is 0.0662. The fourth-order valence-electron chi connectivity index (χ4n) is 2.85. The minimum Gasteiger partial charge on any atom is -0.364 e. The van der Waals surface area contributed by atoms with Crippen molar-refractivity contribution >= 4 is 17.5 Å². The van der Waals surface area contributed by atoms with Gasteiger partial charge in [0.25, 0.3) is 5.91 Å². The fraction of sp³-hybridized carbons (Fsp3) is 0.375. The molecule has 1 aromatic heterocycles. The maximum absolute atomic E-state index is 12.1. The minimum absolute atomic E-state index is 0.238. The van der Waals surface area contributed by atoms with E-state index < -0.39 is 0 Å². The summed E-state index contributed by atoms with van der Waals surface area (Å²) in [5.41, 5.74) is 4.44. The van der Waals surface area contributed by atoms with E-state index >= 15 is 0 Å². The van der Waals surface area contributed by atoms with Crippen LogP contribution in [0, 0.1) is 5.92 Å². The third-order valence-electron chi connectivity index (χ3n) is 4.19. The monoisotopic (exact) mass is 319 g/mol. The van der Waals surface area contributed by atoms with Gasteiger partial charge in [-0.2, -0.15) is 0 Å². The number of aromatic nitrogens is 1. The Hall–Kier alpha value is -1.85. The predicted octanol–water partition coefficient (Wildman–Crippen LogP) is 3.10. The highest BCUT2D eigenvalue weighted by Gasteiger charge is 2.28. The number of piperidine rings is 1. The number of hydrazine groups is 1. The zero-order chi connectivity index (χ0) is 15.5. The molecule has 1 aliphatic heterocycles. The normalized spacial score (nSPS) is 22.5. The molecule has 0 aliphatic carbocycles. The third-order valence-corrected chi connectivity index (χ3v) is 4.44. The summed E-state index contributed by atoms with van der Waals surface area (Å²) in [4.78, 5) is 12.1. The Balaban J connectivity index is 1.68. The Morgan fingerprint density at radius 3 is 2.82 bits per heavy atom. The van der Waals surface area contributed by atoms with Gasteiger partial charge in [-0.05, 0) is 30.0 Å². The molecule has 116 valence electrons. The molecule has 2 unspecified atom stereocenters. The van der Waals surface area contributed by atoms with Crippen LogP contribution < -0.4 is 5.43 Å². The van der Waals surface area contributed by atoms with Crippen molar-refractivity contribution in [2.24, 2.45) is 5.92 Å². The average molecular weight is 320 g/mol. The van der Waals surface area contributed by atoms with Crippen molar-refractivity contribution in [2.45, 2.75) is 19.3 Å². The van der Waals surface area contributed by atoms with Crippen LogP contribution in [0.4, 0.5) is 0 Å². The summed E-state index contributed by atoms with van der Waals surface area (Å²) in [7, 11) is 0. The van der Waals surface area contributed by atoms with E-state index in [0.717, 1.165) is 24.5 Å². The number of rotatable bonds is 3. The first-order valence-corrected chi connectivity index (χ1v) is 7.73. The maximum Gasteiger partial charge on any atom is 0.287 e. The molecule has 2 heterocycles. The van der Waals surface area contributed by atoms with Crippen LogP contribution in [-0.4, -0.2) is 29.2 Å². The molecule has 1 amide bonds. The van der Waals surface area contributed by atoms with Gasteiger partial charge in [0.15, 0.2) is 5.69 Å². The van der Waals surface area contributed by atoms with Crippen molar-refractivity contribution in [2.75, 3.05) is 13.1 Å². The smallest absolute Gasteiger partial charge is 0.287 e. The van der Waals surface area contributed by atoms with Crippen molar-refractivity contribution in [3.63, 3.8) is 0 Å². The summed E-state index contributed by atoms with van der Waals surface area (Å²) >= 11 is 5.96. The van der Waals surface area contributed by atoms with Crippen LogP contribution in [0.1, 0.15) is 35.3 Å². The summed E-state index contributed by atoms with van der Waals surface area (Å²) in [5.74, 6) is 0.683. The Kier molecular flexibility index (Phi) is 4.45. The molecule has 22 heavy (non-hydrogen) atoms. The Morgan fingerprint density at radius 1 is 1.36 bits per heavy atom. The molecular formula is C16H18ClN3O2. The highest BCUT2D eigenvalue weighted by Crippen LogP contribution is 2.32. The molecule has 0 bridgehead atoms. The predicted molar refractivity (Wildman–Crippen MR) is 83.5 cm³/mol. The molecule has 0 radical (unpaired) electrons. The first-order valence-electron chi connectivity index (χ1n) is 7.35. The van der Waals surface area contributed by atoms with Gasteiger partial charge in [0.05, 0.1) is 0 Å². The highest BCUT2D eigenvalue weighted by molar-refractivity contribution is 6.30. The number of carbonyl (C=O) groups is 1. The first-order chi connectivity index (χ1) is 10.6. The minimum atomic E-state index is -0.238. The molecule has 5 nitrogen and oxygen atoms in total. The van der Waals surface area contributed by atoms with Crippen LogP contribution >= 0.6 is 11.6 Å². The second-order valence-corrected chi connectivity index (χ2v) is 6.13. The van der Waals surface area contributed by atoms with Gasteiger partial charge >= 0.3 is 0 Å². The standard InChI is InChI=1S/C16H18ClN3O2/c1-11-6-8-20(18-16(21)15-7-9-22-19-15)10-14(11)12-2-4-13(17)5-3-12/h2-5,7,9,11,14H,6,8,10H2,1H3,(H,18,21). The van der Waals surface area contributed by atoms with Crippen LogP contribution in [0.15, 0.2) is 41.1 Å². The quantitative estimate of drug-likeness (QED) is 0.944. The molecule has 6 heteroatoms. The summed E-state index contributed by atoms with van der Waals surface area (Å²) in [6.45, 7) is 3.84. The van der Waals surface area contributed by atoms with Crippen molar-refractivity contribution in [1.29, 1.82) is 0 Å². The van der Waals surface area contributed by atoms with Gasteiger partial charge in [0.2, 0.25) is 0 Å². The number of hydrogen-bond donors (Lipinski definition) is 1. The molecule has 1 N–H and O–H groups in total. The van der Waals surface area contributed by atoms with E-state index in [2.05, 4.69) is 29.6 Å². The van der Waals surface area contributed by atoms with E-state index in [9.17, 15) is 4.79 Å². The summed E-state index contributed by atoms with van der Waals surface area (Å²) in [6, 6.07) is 9.50. The van der Waals surface area contributed by atoms with Crippen molar-refractivity contribution < 1.29 is 9.32 Å². The molecule has 1 saturated heterocycles. The molecule has 2 atom stereocenters. The lowest BCUT2D eigenvalue weighted by Crippen LogP contribution is -2.49. The lowest BCUT2D eigenvalue weighted by Gasteiger charge is -2.37. The van der Waals surface area contributed by atoms with Crippen LogP contribution in [0.25, 0.3) is 0 Å². The summed E-state index contributed by atoms with van der Waals surface area (Å²) < 4.78 is 4.70. The summed E-state index contributed by atoms with van der Waals surface area (Å²) in [6.07, 6.45) is 2.41. The molecule has 3 rings (SSSR count). The number of hydrogen-bond acceptors (Lipinski definition) is 4. The lowest BCUT2D eigenvalue weighted by atomic mass is 9.82. The van der Waals surface area contributed by atoms with Crippen molar-refractivity contribution in [3.8, 4) is 0 Å². The van der Waals surface area contributed by atoms with Gasteiger partial charge in [-0.15, -0.1) is 0 Å². The number of nitrogens with one attached hydrogen (secondary N) is 1. The molecular weight excluding hydrogens is 302 g/mol. The van der Waals surface area contributed by atoms with Gasteiger partial charge in [-0.25, -0.2) is 5.01 Å². The number of benzene rings is 1. The van der Waals surface area contributed by atoms with E-state index in [0.29, 0.717) is 17.5 Å². The molecule has 1 aliphatic rings. The van der Waals surface area contributed by atoms with Crippen LogP contribution in [0.5, 0.6) is 0 Å². The number of carbonyl (C=O) groups excluding carboxylic acids is 1. The summed E-state index contributed by atoms with van der Waals surface area (Å²) in [5, 5.41) is 6.35. The van der Waals surface area contributed by atoms with E-state index in [-0.39, 0.29) is 5.91 Å². The molecule has 1 fully saturated rings. The van der Waals surface area contributed by atoms with Gasteiger partial charge < -0.3 is 4.52 Å².